The van der Waals surface area contributed by atoms with E-state index in [1.807, 2.05) is 0 Å². The Labute approximate surface area is 76.7 Å². The Morgan fingerprint density at radius 1 is 1.58 bits per heavy atom. The fourth-order valence-corrected chi connectivity index (χ4v) is 2.65. The van der Waals surface area contributed by atoms with Gasteiger partial charge in [-0.25, -0.2) is 0 Å². The van der Waals surface area contributed by atoms with Crippen LogP contribution in [-0.4, -0.2) is 28.1 Å². The number of rotatable bonds is 4. The lowest BCUT2D eigenvalue weighted by atomic mass is 10.4. The molecule has 1 rings (SSSR count). The molecule has 0 spiro atoms. The molecule has 4 heteroatoms. The van der Waals surface area contributed by atoms with Crippen molar-refractivity contribution in [3.05, 3.63) is 0 Å². The van der Waals surface area contributed by atoms with Crippen molar-refractivity contribution < 1.29 is 9.90 Å². The molecule has 3 N–H and O–H groups in total. The molecule has 0 unspecified atom stereocenters. The summed E-state index contributed by atoms with van der Waals surface area (Å²) in [7, 11) is 0. The average molecular weight is 189 g/mol. The van der Waals surface area contributed by atoms with E-state index in [-0.39, 0.29) is 0 Å². The van der Waals surface area contributed by atoms with Crippen LogP contribution >= 0.6 is 11.8 Å². The molecule has 0 aromatic rings. The Balaban J connectivity index is 2.11. The summed E-state index contributed by atoms with van der Waals surface area (Å²) in [6, 6.07) is -0.685. The van der Waals surface area contributed by atoms with Crippen LogP contribution in [0.3, 0.4) is 0 Å². The number of nitrogens with two attached hydrogens (primary N) is 1. The molecule has 0 heterocycles. The quantitative estimate of drug-likeness (QED) is 0.694. The lowest BCUT2D eigenvalue weighted by Gasteiger charge is -2.10. The first-order valence-electron chi connectivity index (χ1n) is 4.30. The van der Waals surface area contributed by atoms with Crippen LogP contribution in [0.25, 0.3) is 0 Å². The molecule has 1 fully saturated rings. The van der Waals surface area contributed by atoms with Gasteiger partial charge >= 0.3 is 5.97 Å². The number of hydrogen-bond donors (Lipinski definition) is 2. The first-order chi connectivity index (χ1) is 5.70. The van der Waals surface area contributed by atoms with Crippen LogP contribution in [0, 0.1) is 0 Å². The summed E-state index contributed by atoms with van der Waals surface area (Å²) in [5, 5.41) is 9.18. The van der Waals surface area contributed by atoms with Crippen LogP contribution in [0.1, 0.15) is 25.7 Å². The second kappa shape index (κ2) is 4.72. The molecule has 1 saturated carbocycles. The first-order valence-corrected chi connectivity index (χ1v) is 5.35. The fraction of sp³-hybridized carbons (Fsp3) is 0.875. The highest BCUT2D eigenvalue weighted by molar-refractivity contribution is 8.00. The van der Waals surface area contributed by atoms with E-state index in [0.29, 0.717) is 11.0 Å². The van der Waals surface area contributed by atoms with Gasteiger partial charge in [-0.15, -0.1) is 0 Å². The molecule has 0 amide bonds. The van der Waals surface area contributed by atoms with Crippen LogP contribution in [0.5, 0.6) is 0 Å². The smallest absolute Gasteiger partial charge is 0.321 e. The van der Waals surface area contributed by atoms with Gasteiger partial charge in [-0.05, 0) is 12.8 Å². The summed E-state index contributed by atoms with van der Waals surface area (Å²) in [6.45, 7) is 0. The van der Waals surface area contributed by atoms with Crippen LogP contribution in [0.2, 0.25) is 0 Å². The third kappa shape index (κ3) is 3.03. The van der Waals surface area contributed by atoms with E-state index in [4.69, 9.17) is 10.8 Å². The number of thioether (sulfide) groups is 1. The molecule has 1 aliphatic carbocycles. The Bertz CT molecular complexity index is 157. The summed E-state index contributed by atoms with van der Waals surface area (Å²) in [6.07, 6.45) is 5.05. The van der Waals surface area contributed by atoms with Crippen molar-refractivity contribution in [2.24, 2.45) is 5.73 Å². The van der Waals surface area contributed by atoms with Crippen molar-refractivity contribution in [2.75, 3.05) is 5.75 Å². The van der Waals surface area contributed by atoms with Crippen molar-refractivity contribution in [2.45, 2.75) is 37.0 Å². The monoisotopic (exact) mass is 189 g/mol. The van der Waals surface area contributed by atoms with Gasteiger partial charge in [0.25, 0.3) is 0 Å². The van der Waals surface area contributed by atoms with Gasteiger partial charge < -0.3 is 10.8 Å². The van der Waals surface area contributed by atoms with E-state index < -0.39 is 12.0 Å². The molecule has 1 atom stereocenters. The maximum Gasteiger partial charge on any atom is 0.321 e. The highest BCUT2D eigenvalue weighted by Crippen LogP contribution is 2.29. The van der Waals surface area contributed by atoms with Crippen molar-refractivity contribution in [1.82, 2.24) is 0 Å². The van der Waals surface area contributed by atoms with Gasteiger partial charge in [0.1, 0.15) is 6.04 Å². The van der Waals surface area contributed by atoms with Crippen molar-refractivity contribution in [1.29, 1.82) is 0 Å². The maximum atomic E-state index is 10.4. The molecular weight excluding hydrogens is 174 g/mol. The summed E-state index contributed by atoms with van der Waals surface area (Å²) < 4.78 is 0. The predicted octanol–water partition coefficient (Wildman–Crippen LogP) is 1.07. The summed E-state index contributed by atoms with van der Waals surface area (Å²) in [5.41, 5.74) is 5.37. The third-order valence-electron chi connectivity index (χ3n) is 2.13. The minimum Gasteiger partial charge on any atom is -0.480 e. The number of carboxylic acid groups (broad SMARTS) is 1. The minimum absolute atomic E-state index is 0.556. The number of aliphatic carboxylic acids is 1. The second-order valence-corrected chi connectivity index (χ2v) is 4.52. The van der Waals surface area contributed by atoms with Gasteiger partial charge in [0.2, 0.25) is 0 Å². The van der Waals surface area contributed by atoms with E-state index in [1.165, 1.54) is 25.7 Å². The highest BCUT2D eigenvalue weighted by Gasteiger charge is 2.18. The highest BCUT2D eigenvalue weighted by atomic mass is 32.2. The van der Waals surface area contributed by atoms with Gasteiger partial charge in [0.15, 0.2) is 0 Å². The number of carboxylic acids is 1. The van der Waals surface area contributed by atoms with Gasteiger partial charge in [-0.1, -0.05) is 12.8 Å². The zero-order valence-electron chi connectivity index (χ0n) is 7.03. The molecule has 70 valence electrons. The molecule has 3 nitrogen and oxygen atoms in total. The van der Waals surface area contributed by atoms with E-state index in [1.54, 1.807) is 11.8 Å². The molecule has 0 radical (unpaired) electrons. The van der Waals surface area contributed by atoms with E-state index in [2.05, 4.69) is 0 Å². The topological polar surface area (TPSA) is 63.3 Å². The normalized spacial score (nSPS) is 21.1. The fourth-order valence-electron chi connectivity index (χ4n) is 1.37. The van der Waals surface area contributed by atoms with Gasteiger partial charge in [0, 0.05) is 11.0 Å². The van der Waals surface area contributed by atoms with E-state index in [9.17, 15) is 4.79 Å². The Hall–Kier alpha value is -0.220. The Kier molecular flexibility index (Phi) is 3.88. The van der Waals surface area contributed by atoms with E-state index >= 15 is 0 Å². The molecule has 0 aliphatic heterocycles. The summed E-state index contributed by atoms with van der Waals surface area (Å²) >= 11 is 1.71. The molecule has 0 aromatic carbocycles. The second-order valence-electron chi connectivity index (χ2n) is 3.18. The lowest BCUT2D eigenvalue weighted by molar-refractivity contribution is -0.137. The largest absolute Gasteiger partial charge is 0.480 e. The molecule has 0 saturated heterocycles. The third-order valence-corrected chi connectivity index (χ3v) is 3.63. The molecular formula is C8H15NO2S. The number of hydrogen-bond acceptors (Lipinski definition) is 3. The molecule has 12 heavy (non-hydrogen) atoms. The zero-order chi connectivity index (χ0) is 8.97. The van der Waals surface area contributed by atoms with Gasteiger partial charge in [-0.2, -0.15) is 11.8 Å². The van der Waals surface area contributed by atoms with Gasteiger partial charge in [0.05, 0.1) is 0 Å². The Morgan fingerprint density at radius 2 is 2.17 bits per heavy atom. The maximum absolute atomic E-state index is 10.4. The van der Waals surface area contributed by atoms with Crippen LogP contribution in [-0.2, 0) is 4.79 Å². The molecule has 0 bridgehead atoms. The predicted molar refractivity (Wildman–Crippen MR) is 50.3 cm³/mol. The van der Waals surface area contributed by atoms with Crippen LogP contribution < -0.4 is 5.73 Å². The SMILES string of the molecule is N[C@H](CSC1CCCC1)C(=O)O. The van der Waals surface area contributed by atoms with Crippen LogP contribution in [0.4, 0.5) is 0 Å². The first kappa shape index (κ1) is 9.86. The molecule has 0 aromatic heterocycles. The Morgan fingerprint density at radius 3 is 2.67 bits per heavy atom. The summed E-state index contributed by atoms with van der Waals surface area (Å²) in [4.78, 5) is 10.4. The summed E-state index contributed by atoms with van der Waals surface area (Å²) in [5.74, 6) is -0.333. The van der Waals surface area contributed by atoms with Crippen molar-refractivity contribution in [3.63, 3.8) is 0 Å². The standard InChI is InChI=1S/C8H15NO2S/c9-7(8(10)11)5-12-6-3-1-2-4-6/h6-7H,1-5,9H2,(H,10,11)/t7-/m1/s1. The average Bonchev–Trinajstić information content (AvgIpc) is 2.51. The minimum atomic E-state index is -0.888. The van der Waals surface area contributed by atoms with Crippen LogP contribution in [0.15, 0.2) is 0 Å². The molecule has 1 aliphatic rings. The van der Waals surface area contributed by atoms with Gasteiger partial charge in [-0.3, -0.25) is 4.79 Å². The van der Waals surface area contributed by atoms with E-state index in [0.717, 1.165) is 0 Å². The number of carbonyl (C=O) groups is 1. The lowest BCUT2D eigenvalue weighted by Crippen LogP contribution is -2.33. The zero-order valence-corrected chi connectivity index (χ0v) is 7.85. The van der Waals surface area contributed by atoms with Crippen molar-refractivity contribution in [3.8, 4) is 0 Å². The van der Waals surface area contributed by atoms with Crippen molar-refractivity contribution >= 4 is 17.7 Å².